The van der Waals surface area contributed by atoms with E-state index in [1.165, 1.54) is 19.2 Å². The Balaban J connectivity index is 1.50. The van der Waals surface area contributed by atoms with E-state index < -0.39 is 23.3 Å². The van der Waals surface area contributed by atoms with E-state index >= 15 is 0 Å². The lowest BCUT2D eigenvalue weighted by molar-refractivity contribution is -0.141. The number of methoxy groups -OCH3 is 1. The van der Waals surface area contributed by atoms with Crippen LogP contribution in [0.3, 0.4) is 0 Å². The average molecular weight is 519 g/mol. The monoisotopic (exact) mass is 518 g/mol. The molecule has 0 spiro atoms. The maximum atomic E-state index is 13.0. The predicted molar refractivity (Wildman–Crippen MR) is 130 cm³/mol. The van der Waals surface area contributed by atoms with Gasteiger partial charge < -0.3 is 14.4 Å². The van der Waals surface area contributed by atoms with Gasteiger partial charge in [0, 0.05) is 42.7 Å². The number of hydrogen-bond acceptors (Lipinski definition) is 6. The van der Waals surface area contributed by atoms with E-state index in [1.807, 2.05) is 31.6 Å². The molecule has 11 heteroatoms. The number of carbonyl (C=O) groups is 2. The number of piperidine rings is 1. The van der Waals surface area contributed by atoms with Crippen LogP contribution in [0.15, 0.2) is 36.5 Å². The lowest BCUT2D eigenvalue weighted by Crippen LogP contribution is -2.42. The highest BCUT2D eigenvalue weighted by molar-refractivity contribution is 5.97. The molecule has 0 saturated carbocycles. The van der Waals surface area contributed by atoms with Crippen molar-refractivity contribution in [2.45, 2.75) is 57.9 Å². The Labute approximate surface area is 212 Å². The first-order valence-corrected chi connectivity index (χ1v) is 12.0. The molecule has 3 aromatic rings. The third-order valence-corrected chi connectivity index (χ3v) is 6.09. The number of nitrogens with zero attached hydrogens (tertiary/aromatic N) is 4. The van der Waals surface area contributed by atoms with Gasteiger partial charge in [-0.1, -0.05) is 6.07 Å². The normalized spacial score (nSPS) is 15.2. The van der Waals surface area contributed by atoms with Gasteiger partial charge in [0.05, 0.1) is 18.7 Å². The molecule has 198 valence electrons. The molecule has 0 bridgehead atoms. The van der Waals surface area contributed by atoms with Crippen molar-refractivity contribution in [3.63, 3.8) is 0 Å². The first kappa shape index (κ1) is 26.4. The number of halogens is 3. The molecular weight excluding hydrogens is 489 g/mol. The van der Waals surface area contributed by atoms with Crippen LogP contribution in [0.2, 0.25) is 0 Å². The van der Waals surface area contributed by atoms with E-state index in [0.717, 1.165) is 11.5 Å². The molecule has 0 aliphatic carbocycles. The highest BCUT2D eigenvalue weighted by Crippen LogP contribution is 2.31. The van der Waals surface area contributed by atoms with Crippen molar-refractivity contribution in [1.82, 2.24) is 19.7 Å². The first-order chi connectivity index (χ1) is 17.3. The van der Waals surface area contributed by atoms with Gasteiger partial charge in [0.1, 0.15) is 22.7 Å². The maximum Gasteiger partial charge on any atom is 0.433 e. The van der Waals surface area contributed by atoms with Crippen molar-refractivity contribution >= 4 is 22.8 Å². The van der Waals surface area contributed by atoms with Gasteiger partial charge in [-0.15, -0.1) is 0 Å². The standard InChI is InChI=1S/C26H29F3N4O4/c1-25(2,3)37-24(35)32-10-8-18(9-11-32)33-15-17-12-16(22(36-4)14-20(17)31-33)13-21(34)19-6-5-7-23(30-19)26(27,28)29/h5-7,12,14-15,18H,8-11,13H2,1-4H3. The summed E-state index contributed by atoms with van der Waals surface area (Å²) in [5.74, 6) is -0.136. The minimum Gasteiger partial charge on any atom is -0.496 e. The zero-order valence-corrected chi connectivity index (χ0v) is 21.1. The molecule has 1 aliphatic heterocycles. The highest BCUT2D eigenvalue weighted by atomic mass is 19.4. The van der Waals surface area contributed by atoms with Gasteiger partial charge in [0.2, 0.25) is 0 Å². The fraction of sp³-hybridized carbons (Fsp3) is 0.462. The van der Waals surface area contributed by atoms with E-state index in [-0.39, 0.29) is 24.2 Å². The van der Waals surface area contributed by atoms with Crippen molar-refractivity contribution in [1.29, 1.82) is 0 Å². The number of fused-ring (bicyclic) bond motifs is 1. The largest absolute Gasteiger partial charge is 0.496 e. The number of carbonyl (C=O) groups excluding carboxylic acids is 2. The summed E-state index contributed by atoms with van der Waals surface area (Å²) in [5, 5.41) is 5.44. The van der Waals surface area contributed by atoms with E-state index in [2.05, 4.69) is 10.1 Å². The van der Waals surface area contributed by atoms with E-state index in [0.29, 0.717) is 42.8 Å². The van der Waals surface area contributed by atoms with Crippen LogP contribution in [0.25, 0.3) is 10.9 Å². The highest BCUT2D eigenvalue weighted by Gasteiger charge is 2.33. The van der Waals surface area contributed by atoms with Crippen molar-refractivity contribution < 1.29 is 32.2 Å². The summed E-state index contributed by atoms with van der Waals surface area (Å²) in [6, 6.07) is 6.82. The number of pyridine rings is 1. The molecule has 1 amide bonds. The molecule has 1 aromatic carbocycles. The van der Waals surface area contributed by atoms with Crippen LogP contribution in [0, 0.1) is 0 Å². The van der Waals surface area contributed by atoms with Crippen LogP contribution in [0.5, 0.6) is 5.75 Å². The molecule has 1 fully saturated rings. The van der Waals surface area contributed by atoms with E-state index in [4.69, 9.17) is 9.47 Å². The molecule has 2 aromatic heterocycles. The molecule has 0 atom stereocenters. The average Bonchev–Trinajstić information content (AvgIpc) is 3.25. The Morgan fingerprint density at radius 1 is 1.11 bits per heavy atom. The SMILES string of the molecule is COc1cc2nn(C3CCN(C(=O)OC(C)(C)C)CC3)cc2cc1CC(=O)c1cccc(C(F)(F)F)n1. The van der Waals surface area contributed by atoms with Crippen LogP contribution in [-0.4, -0.2) is 57.3 Å². The Hall–Kier alpha value is -3.63. The summed E-state index contributed by atoms with van der Waals surface area (Å²) in [6.45, 7) is 6.59. The molecule has 1 aliphatic rings. The second-order valence-corrected chi connectivity index (χ2v) is 10.0. The molecule has 1 saturated heterocycles. The number of benzene rings is 1. The van der Waals surface area contributed by atoms with Crippen molar-refractivity contribution in [2.24, 2.45) is 0 Å². The molecule has 0 unspecified atom stereocenters. The Morgan fingerprint density at radius 3 is 2.43 bits per heavy atom. The van der Waals surface area contributed by atoms with Crippen LogP contribution in [-0.2, 0) is 17.3 Å². The van der Waals surface area contributed by atoms with Crippen LogP contribution < -0.4 is 4.74 Å². The number of Topliss-reactive ketones (excluding diaryl/α,β-unsaturated/α-hetero) is 1. The molecule has 3 heterocycles. The third-order valence-electron chi connectivity index (χ3n) is 6.09. The molecule has 8 nitrogen and oxygen atoms in total. The van der Waals surface area contributed by atoms with Gasteiger partial charge in [-0.25, -0.2) is 9.78 Å². The van der Waals surface area contributed by atoms with E-state index in [1.54, 1.807) is 17.0 Å². The van der Waals surface area contributed by atoms with Crippen LogP contribution >= 0.6 is 0 Å². The predicted octanol–water partition coefficient (Wildman–Crippen LogP) is 5.46. The lowest BCUT2D eigenvalue weighted by Gasteiger charge is -2.33. The summed E-state index contributed by atoms with van der Waals surface area (Å²) in [5.41, 5.74) is -0.731. The van der Waals surface area contributed by atoms with Crippen molar-refractivity contribution in [3.8, 4) is 5.75 Å². The minimum atomic E-state index is -4.63. The quantitative estimate of drug-likeness (QED) is 0.417. The van der Waals surface area contributed by atoms with Gasteiger partial charge in [0.25, 0.3) is 0 Å². The first-order valence-electron chi connectivity index (χ1n) is 12.0. The second-order valence-electron chi connectivity index (χ2n) is 10.0. The summed E-state index contributed by atoms with van der Waals surface area (Å²) in [7, 11) is 1.46. The number of rotatable bonds is 5. The number of ether oxygens (including phenoxy) is 2. The van der Waals surface area contributed by atoms with Gasteiger partial charge in [-0.2, -0.15) is 18.3 Å². The number of aromatic nitrogens is 3. The molecule has 0 N–H and O–H groups in total. The second kappa shape index (κ2) is 10.0. The van der Waals surface area contributed by atoms with Gasteiger partial charge >= 0.3 is 12.3 Å². The number of hydrogen-bond donors (Lipinski definition) is 0. The van der Waals surface area contributed by atoms with Gasteiger partial charge in [-0.05, 0) is 51.8 Å². The fourth-order valence-corrected chi connectivity index (χ4v) is 4.28. The van der Waals surface area contributed by atoms with Gasteiger partial charge in [-0.3, -0.25) is 9.48 Å². The maximum absolute atomic E-state index is 13.0. The summed E-state index contributed by atoms with van der Waals surface area (Å²) < 4.78 is 51.8. The zero-order chi connectivity index (χ0) is 27.0. The van der Waals surface area contributed by atoms with Crippen LogP contribution in [0.4, 0.5) is 18.0 Å². The molecule has 37 heavy (non-hydrogen) atoms. The summed E-state index contributed by atoms with van der Waals surface area (Å²) in [6.07, 6.45) is -1.85. The summed E-state index contributed by atoms with van der Waals surface area (Å²) in [4.78, 5) is 30.3. The van der Waals surface area contributed by atoms with Crippen molar-refractivity contribution in [2.75, 3.05) is 20.2 Å². The Bertz CT molecular complexity index is 1310. The smallest absolute Gasteiger partial charge is 0.433 e. The van der Waals surface area contributed by atoms with Crippen molar-refractivity contribution in [3.05, 3.63) is 53.5 Å². The minimum absolute atomic E-state index is 0.0801. The van der Waals surface area contributed by atoms with Gasteiger partial charge in [0.15, 0.2) is 5.78 Å². The fourth-order valence-electron chi connectivity index (χ4n) is 4.28. The molecular formula is C26H29F3N4O4. The number of ketones is 1. The topological polar surface area (TPSA) is 86.5 Å². The van der Waals surface area contributed by atoms with Crippen LogP contribution in [0.1, 0.15) is 61.4 Å². The number of alkyl halides is 3. The lowest BCUT2D eigenvalue weighted by atomic mass is 10.0. The Morgan fingerprint density at radius 2 is 1.81 bits per heavy atom. The Kier molecular flexibility index (Phi) is 7.16. The third kappa shape index (κ3) is 6.20. The number of amides is 1. The number of likely N-dealkylation sites (tertiary alicyclic amines) is 1. The molecule has 4 rings (SSSR count). The van der Waals surface area contributed by atoms with E-state index in [9.17, 15) is 22.8 Å². The summed E-state index contributed by atoms with van der Waals surface area (Å²) >= 11 is 0. The zero-order valence-electron chi connectivity index (χ0n) is 21.1. The molecule has 0 radical (unpaired) electrons.